The van der Waals surface area contributed by atoms with Crippen LogP contribution in [0.1, 0.15) is 101 Å². The third kappa shape index (κ3) is 6.11. The molecule has 8 unspecified atom stereocenters. The third-order valence-corrected chi connectivity index (χ3v) is 14.8. The summed E-state index contributed by atoms with van der Waals surface area (Å²) in [6.07, 6.45) is 9.51. The SMILES string of the molecule is Cc1onc(-c2ccc(NC(=O)CCOC3CCC4C5CCC6=C(CCC(=O)C6)C5CCC34C)cc2)c1C(=O)NC1C(=O)N2C1SC(C)(C)C2C(=O)O. The Balaban J connectivity index is 0.841. The Labute approximate surface area is 313 Å². The van der Waals surface area contributed by atoms with Crippen LogP contribution < -0.4 is 10.6 Å². The van der Waals surface area contributed by atoms with Crippen molar-refractivity contribution in [3.8, 4) is 11.3 Å². The Bertz CT molecular complexity index is 1900. The first-order valence-electron chi connectivity index (χ1n) is 19.0. The number of nitrogens with zero attached hydrogens (tertiary/aromatic N) is 2. The molecule has 2 saturated carbocycles. The van der Waals surface area contributed by atoms with Crippen LogP contribution in [-0.4, -0.2) is 79.6 Å². The van der Waals surface area contributed by atoms with Crippen molar-refractivity contribution in [2.45, 2.75) is 120 Å². The summed E-state index contributed by atoms with van der Waals surface area (Å²) in [4.78, 5) is 64.7. The van der Waals surface area contributed by atoms with E-state index in [9.17, 15) is 29.1 Å². The van der Waals surface area contributed by atoms with E-state index in [4.69, 9.17) is 9.26 Å². The first-order chi connectivity index (χ1) is 25.3. The van der Waals surface area contributed by atoms with Gasteiger partial charge >= 0.3 is 5.97 Å². The van der Waals surface area contributed by atoms with Gasteiger partial charge < -0.3 is 29.9 Å². The fourth-order valence-electron chi connectivity index (χ4n) is 10.7. The number of fused-ring (bicyclic) bond motifs is 5. The van der Waals surface area contributed by atoms with Crippen LogP contribution in [0.15, 0.2) is 39.9 Å². The van der Waals surface area contributed by atoms with Crippen molar-refractivity contribution in [3.05, 3.63) is 46.7 Å². The Hall–Kier alpha value is -3.97. The number of thioether (sulfide) groups is 1. The number of allylic oxidation sites excluding steroid dienone is 2. The maximum Gasteiger partial charge on any atom is 0.327 e. The maximum atomic E-state index is 13.5. The van der Waals surface area contributed by atoms with Gasteiger partial charge in [0.25, 0.3) is 5.91 Å². The number of aliphatic carboxylic acids is 1. The summed E-state index contributed by atoms with van der Waals surface area (Å²) in [6.45, 7) is 7.94. The minimum absolute atomic E-state index is 0.120. The minimum Gasteiger partial charge on any atom is -0.480 e. The van der Waals surface area contributed by atoms with E-state index in [0.29, 0.717) is 59.9 Å². The molecule has 6 aliphatic rings. The first kappa shape index (κ1) is 36.0. The number of rotatable bonds is 9. The van der Waals surface area contributed by atoms with E-state index in [0.717, 1.165) is 25.7 Å². The van der Waals surface area contributed by atoms with Crippen molar-refractivity contribution < 1.29 is 38.3 Å². The molecule has 1 aromatic carbocycles. The van der Waals surface area contributed by atoms with Crippen molar-refractivity contribution in [2.75, 3.05) is 11.9 Å². The number of hydrogen-bond acceptors (Lipinski definition) is 9. The van der Waals surface area contributed by atoms with Crippen LogP contribution in [0.3, 0.4) is 0 Å². The van der Waals surface area contributed by atoms with E-state index in [-0.39, 0.29) is 35.2 Å². The monoisotopic (exact) mass is 744 g/mol. The Morgan fingerprint density at radius 1 is 1.06 bits per heavy atom. The summed E-state index contributed by atoms with van der Waals surface area (Å²) >= 11 is 1.36. The standard InChI is InChI=1S/C40H48N4O8S/c1-20-31(35(47)42-33-36(48)44-34(38(49)50)39(2,3)53-37(33)44)32(43-52-20)21-5-8-23(9-6-21)41-30(46)16-18-51-29-14-13-28-27-11-7-22-19-24(45)10-12-25(22)26(27)15-17-40(28,29)4/h5-6,8-9,26-29,33-34,37H,7,10-19H2,1-4H3,(H,41,46)(H,42,47)(H,49,50). The first-order valence-corrected chi connectivity index (χ1v) is 19.9. The Morgan fingerprint density at radius 2 is 1.83 bits per heavy atom. The number of ketones is 1. The number of anilines is 1. The summed E-state index contributed by atoms with van der Waals surface area (Å²) in [5.41, 5.74) is 4.87. The van der Waals surface area contributed by atoms with Crippen molar-refractivity contribution in [1.82, 2.24) is 15.4 Å². The van der Waals surface area contributed by atoms with E-state index < -0.39 is 40.0 Å². The van der Waals surface area contributed by atoms with Gasteiger partial charge in [-0.15, -0.1) is 11.8 Å². The van der Waals surface area contributed by atoms with Gasteiger partial charge in [0.1, 0.15) is 40.3 Å². The van der Waals surface area contributed by atoms with Crippen LogP contribution >= 0.6 is 11.8 Å². The molecule has 2 saturated heterocycles. The highest BCUT2D eigenvalue weighted by Crippen LogP contribution is 2.61. The van der Waals surface area contributed by atoms with Crippen molar-refractivity contribution >= 4 is 46.9 Å². The van der Waals surface area contributed by atoms with Gasteiger partial charge in [-0.25, -0.2) is 4.79 Å². The lowest BCUT2D eigenvalue weighted by Crippen LogP contribution is -2.70. The number of ether oxygens (including phenoxy) is 1. The van der Waals surface area contributed by atoms with Crippen LogP contribution in [0.2, 0.25) is 0 Å². The third-order valence-electron chi connectivity index (χ3n) is 13.3. The molecule has 13 heteroatoms. The lowest BCUT2D eigenvalue weighted by molar-refractivity contribution is -0.159. The molecule has 4 aliphatic carbocycles. The van der Waals surface area contributed by atoms with Gasteiger partial charge in [0, 0.05) is 28.8 Å². The second-order valence-electron chi connectivity index (χ2n) is 16.6. The molecule has 1 aromatic heterocycles. The summed E-state index contributed by atoms with van der Waals surface area (Å²) in [5, 5.41) is 19.1. The van der Waals surface area contributed by atoms with Crippen molar-refractivity contribution in [1.29, 1.82) is 0 Å². The van der Waals surface area contributed by atoms with Crippen LogP contribution in [0.25, 0.3) is 11.3 Å². The van der Waals surface area contributed by atoms with E-state index in [1.165, 1.54) is 41.5 Å². The number of benzene rings is 1. The number of hydrogen-bond donors (Lipinski definition) is 3. The van der Waals surface area contributed by atoms with Gasteiger partial charge in [0.15, 0.2) is 0 Å². The summed E-state index contributed by atoms with van der Waals surface area (Å²) in [7, 11) is 0. The van der Waals surface area contributed by atoms with E-state index in [1.54, 1.807) is 50.6 Å². The number of nitrogens with one attached hydrogen (secondary N) is 2. The lowest BCUT2D eigenvalue weighted by atomic mass is 9.54. The fourth-order valence-corrected chi connectivity index (χ4v) is 12.3. The minimum atomic E-state index is -1.07. The number of aryl methyl sites for hydroxylation is 1. The normalized spacial score (nSPS) is 32.7. The average Bonchev–Trinajstić information content (AvgIpc) is 3.75. The number of β-lactam (4-membered cyclic amide) rings is 1. The molecule has 53 heavy (non-hydrogen) atoms. The van der Waals surface area contributed by atoms with E-state index in [1.807, 2.05) is 0 Å². The molecule has 3 heterocycles. The van der Waals surface area contributed by atoms with Gasteiger partial charge in [-0.1, -0.05) is 35.4 Å². The number of carboxylic acid groups (broad SMARTS) is 1. The van der Waals surface area contributed by atoms with Gasteiger partial charge in [0.05, 0.1) is 19.1 Å². The molecule has 12 nitrogen and oxygen atoms in total. The van der Waals surface area contributed by atoms with Gasteiger partial charge in [-0.3, -0.25) is 19.2 Å². The number of amides is 3. The summed E-state index contributed by atoms with van der Waals surface area (Å²) in [6, 6.07) is 5.14. The number of aromatic nitrogens is 1. The maximum absolute atomic E-state index is 13.5. The Kier molecular flexibility index (Phi) is 9.11. The number of carbonyl (C=O) groups excluding carboxylic acids is 4. The quantitative estimate of drug-likeness (QED) is 0.208. The largest absolute Gasteiger partial charge is 0.480 e. The molecule has 0 radical (unpaired) electrons. The van der Waals surface area contributed by atoms with E-state index in [2.05, 4.69) is 22.7 Å². The summed E-state index contributed by atoms with van der Waals surface area (Å²) in [5.74, 6) is 0.450. The van der Waals surface area contributed by atoms with Crippen LogP contribution in [0, 0.1) is 30.1 Å². The highest BCUT2D eigenvalue weighted by Gasteiger charge is 2.64. The molecule has 2 aromatic rings. The molecular formula is C40H48N4O8S. The predicted octanol–water partition coefficient (Wildman–Crippen LogP) is 5.90. The zero-order valence-electron chi connectivity index (χ0n) is 30.7. The lowest BCUT2D eigenvalue weighted by Gasteiger charge is -2.51. The zero-order valence-corrected chi connectivity index (χ0v) is 31.6. The number of carbonyl (C=O) groups is 5. The van der Waals surface area contributed by atoms with Crippen molar-refractivity contribution in [2.24, 2.45) is 23.2 Å². The zero-order chi connectivity index (χ0) is 37.4. The Morgan fingerprint density at radius 3 is 2.58 bits per heavy atom. The second kappa shape index (κ2) is 13.4. The molecule has 282 valence electrons. The topological polar surface area (TPSA) is 168 Å². The molecule has 8 atom stereocenters. The molecule has 4 fully saturated rings. The summed E-state index contributed by atoms with van der Waals surface area (Å²) < 4.78 is 11.1. The number of carboxylic acids is 1. The molecule has 0 spiro atoms. The molecule has 8 rings (SSSR count). The van der Waals surface area contributed by atoms with Gasteiger partial charge in [-0.05, 0) is 101 Å². The molecule has 2 aliphatic heterocycles. The van der Waals surface area contributed by atoms with Crippen LogP contribution in [0.5, 0.6) is 0 Å². The predicted molar refractivity (Wildman–Crippen MR) is 197 cm³/mol. The molecular weight excluding hydrogens is 697 g/mol. The van der Waals surface area contributed by atoms with Crippen molar-refractivity contribution in [3.63, 3.8) is 0 Å². The van der Waals surface area contributed by atoms with Gasteiger partial charge in [-0.2, -0.15) is 0 Å². The molecule has 3 N–H and O–H groups in total. The smallest absolute Gasteiger partial charge is 0.327 e. The molecule has 0 bridgehead atoms. The number of Topliss-reactive ketones (excluding diaryl/α,β-unsaturated/α-hetero) is 1. The fraction of sp³-hybridized carbons (Fsp3) is 0.600. The highest BCUT2D eigenvalue weighted by atomic mass is 32.2. The average molecular weight is 745 g/mol. The highest BCUT2D eigenvalue weighted by molar-refractivity contribution is 8.01. The van der Waals surface area contributed by atoms with E-state index >= 15 is 0 Å². The van der Waals surface area contributed by atoms with Crippen LogP contribution in [-0.2, 0) is 23.9 Å². The second-order valence-corrected chi connectivity index (χ2v) is 18.4. The molecule has 3 amide bonds. The van der Waals surface area contributed by atoms with Crippen LogP contribution in [0.4, 0.5) is 5.69 Å². The van der Waals surface area contributed by atoms with Gasteiger partial charge in [0.2, 0.25) is 11.8 Å².